The maximum Gasteiger partial charge on any atom is 0.335 e. The van der Waals surface area contributed by atoms with Crippen LogP contribution in [0.15, 0.2) is 23.8 Å². The smallest absolute Gasteiger partial charge is 0.335 e. The average Bonchev–Trinajstić information content (AvgIpc) is 3.17. The van der Waals surface area contributed by atoms with Gasteiger partial charge in [0.05, 0.1) is 41.0 Å². The molecular formula is C26H33Cl2NO3. The Morgan fingerprint density at radius 2 is 1.91 bits per heavy atom. The van der Waals surface area contributed by atoms with Crippen LogP contribution in [0, 0.1) is 16.7 Å². The maximum absolute atomic E-state index is 13.1. The Morgan fingerprint density at radius 1 is 1.16 bits per heavy atom. The highest BCUT2D eigenvalue weighted by Crippen LogP contribution is 2.66. The number of likely N-dealkylation sites (N-methyl/N-ethyl adjacent to an activating group) is 1. The molecule has 0 aromatic heterocycles. The van der Waals surface area contributed by atoms with Gasteiger partial charge in [0.1, 0.15) is 0 Å². The van der Waals surface area contributed by atoms with Gasteiger partial charge in [-0.05, 0) is 79.2 Å². The molecule has 4 aliphatic rings. The van der Waals surface area contributed by atoms with E-state index in [2.05, 4.69) is 32.7 Å². The van der Waals surface area contributed by atoms with Crippen molar-refractivity contribution >= 4 is 34.7 Å². The van der Waals surface area contributed by atoms with Gasteiger partial charge in [-0.2, -0.15) is 0 Å². The van der Waals surface area contributed by atoms with Gasteiger partial charge in [-0.15, -0.1) is 0 Å². The van der Waals surface area contributed by atoms with Gasteiger partial charge >= 0.3 is 5.97 Å². The molecular weight excluding hydrogens is 445 g/mol. The summed E-state index contributed by atoms with van der Waals surface area (Å²) in [4.78, 5) is 15.4. The molecule has 4 nitrogen and oxygen atoms in total. The monoisotopic (exact) mass is 477 g/mol. The zero-order valence-electron chi connectivity index (χ0n) is 19.6. The van der Waals surface area contributed by atoms with E-state index >= 15 is 0 Å². The molecule has 3 unspecified atom stereocenters. The third-order valence-electron chi connectivity index (χ3n) is 9.66. The van der Waals surface area contributed by atoms with E-state index in [1.807, 2.05) is 12.1 Å². The first-order chi connectivity index (χ1) is 15.1. The van der Waals surface area contributed by atoms with Gasteiger partial charge in [0.2, 0.25) is 0 Å². The molecule has 0 amide bonds. The third-order valence-corrected chi connectivity index (χ3v) is 10.4. The van der Waals surface area contributed by atoms with Crippen molar-refractivity contribution in [3.05, 3.63) is 39.4 Å². The molecule has 0 N–H and O–H groups in total. The second-order valence-electron chi connectivity index (χ2n) is 11.0. The number of carbonyl (C=O) groups excluding carboxylic acids is 1. The van der Waals surface area contributed by atoms with Crippen molar-refractivity contribution in [3.8, 4) is 0 Å². The molecule has 0 radical (unpaired) electrons. The van der Waals surface area contributed by atoms with Crippen molar-refractivity contribution in [1.82, 2.24) is 4.90 Å². The van der Waals surface area contributed by atoms with Crippen LogP contribution in [0.5, 0.6) is 0 Å². The lowest BCUT2D eigenvalue weighted by molar-refractivity contribution is -0.138. The molecule has 32 heavy (non-hydrogen) atoms. The summed E-state index contributed by atoms with van der Waals surface area (Å²) in [5, 5.41) is 1.01. The van der Waals surface area contributed by atoms with E-state index < -0.39 is 0 Å². The van der Waals surface area contributed by atoms with Gasteiger partial charge in [-0.1, -0.05) is 50.0 Å². The highest BCUT2D eigenvalue weighted by molar-refractivity contribution is 6.42. The number of rotatable bonds is 4. The van der Waals surface area contributed by atoms with Crippen LogP contribution in [0.2, 0.25) is 10.0 Å². The minimum Gasteiger partial charge on any atom is -0.466 e. The Bertz CT molecular complexity index is 989. The van der Waals surface area contributed by atoms with Crippen molar-refractivity contribution in [1.29, 1.82) is 0 Å². The van der Waals surface area contributed by atoms with E-state index in [-0.39, 0.29) is 29.6 Å². The van der Waals surface area contributed by atoms with Gasteiger partial charge in [0, 0.05) is 6.04 Å². The Balaban J connectivity index is 1.51. The molecule has 3 fully saturated rings. The second kappa shape index (κ2) is 7.73. The van der Waals surface area contributed by atoms with Crippen LogP contribution in [-0.4, -0.2) is 49.3 Å². The van der Waals surface area contributed by atoms with Crippen molar-refractivity contribution in [3.63, 3.8) is 0 Å². The largest absolute Gasteiger partial charge is 0.466 e. The molecule has 1 aromatic rings. The van der Waals surface area contributed by atoms with E-state index in [9.17, 15) is 4.79 Å². The zero-order chi connectivity index (χ0) is 23.0. The summed E-state index contributed by atoms with van der Waals surface area (Å²) < 4.78 is 12.2. The summed E-state index contributed by atoms with van der Waals surface area (Å²) in [7, 11) is 3.57. The van der Waals surface area contributed by atoms with Crippen LogP contribution in [-0.2, 0) is 14.3 Å². The van der Waals surface area contributed by atoms with Crippen LogP contribution in [0.1, 0.15) is 58.4 Å². The van der Waals surface area contributed by atoms with Crippen LogP contribution >= 0.6 is 23.2 Å². The number of hydrogen-bond donors (Lipinski definition) is 0. The first-order valence-corrected chi connectivity index (χ1v) is 12.5. The SMILES string of the molecule is COC(=O)C1=C(c2ccc(Cl)c(Cl)c2)CC2C[C@@H](OC3CC4CC[C@@]3(C)C4(C)C)[C@H]1N2C. The molecule has 6 heteroatoms. The zero-order valence-corrected chi connectivity index (χ0v) is 21.1. The number of halogens is 2. The topological polar surface area (TPSA) is 38.8 Å². The molecule has 1 aromatic carbocycles. The molecule has 1 saturated heterocycles. The van der Waals surface area contributed by atoms with Gasteiger partial charge in [-0.25, -0.2) is 4.79 Å². The predicted molar refractivity (Wildman–Crippen MR) is 128 cm³/mol. The molecule has 0 spiro atoms. The molecule has 5 rings (SSSR count). The first-order valence-electron chi connectivity index (χ1n) is 11.7. The number of esters is 1. The van der Waals surface area contributed by atoms with Crippen LogP contribution in [0.25, 0.3) is 5.57 Å². The van der Waals surface area contributed by atoms with Crippen molar-refractivity contribution < 1.29 is 14.3 Å². The van der Waals surface area contributed by atoms with Crippen LogP contribution < -0.4 is 0 Å². The molecule has 6 atom stereocenters. The summed E-state index contributed by atoms with van der Waals surface area (Å²) in [5.41, 5.74) is 3.14. The quantitative estimate of drug-likeness (QED) is 0.498. The summed E-state index contributed by atoms with van der Waals surface area (Å²) in [5.74, 6) is 0.440. The fourth-order valence-electron chi connectivity index (χ4n) is 7.18. The lowest BCUT2D eigenvalue weighted by Gasteiger charge is -2.41. The normalized spacial score (nSPS) is 37.9. The summed E-state index contributed by atoms with van der Waals surface area (Å²) in [6.07, 6.45) is 5.56. The van der Waals surface area contributed by atoms with Crippen molar-refractivity contribution in [2.24, 2.45) is 16.7 Å². The number of ether oxygens (including phenoxy) is 2. The standard InChI is InChI=1S/C26H33Cl2NO3/c1-25(2)15-8-9-26(25,3)21(11-15)32-20-13-16-12-17(14-6-7-18(27)19(28)10-14)22(24(30)31-5)23(20)29(16)4/h6-7,10,15-16,20-21,23H,8-9,11-13H2,1-5H3/t15?,16?,20-,21?,23-,26-/m1/s1. The first kappa shape index (κ1) is 22.7. The minimum absolute atomic E-state index is 0.0173. The van der Waals surface area contributed by atoms with E-state index in [0.717, 1.165) is 36.3 Å². The number of methoxy groups -OCH3 is 1. The molecule has 2 aliphatic carbocycles. The third kappa shape index (κ3) is 3.13. The fourth-order valence-corrected chi connectivity index (χ4v) is 7.48. The highest BCUT2D eigenvalue weighted by atomic mass is 35.5. The molecule has 2 saturated carbocycles. The Labute approximate surface area is 201 Å². The van der Waals surface area contributed by atoms with Gasteiger partial charge in [0.25, 0.3) is 0 Å². The maximum atomic E-state index is 13.1. The van der Waals surface area contributed by atoms with Gasteiger partial charge < -0.3 is 9.47 Å². The molecule has 2 aliphatic heterocycles. The summed E-state index contributed by atoms with van der Waals surface area (Å²) in [6, 6.07) is 5.82. The lowest BCUT2D eigenvalue weighted by atomic mass is 9.70. The summed E-state index contributed by atoms with van der Waals surface area (Å²) >= 11 is 12.5. The number of carbonyl (C=O) groups is 1. The average molecular weight is 478 g/mol. The Hall–Kier alpha value is -1.07. The highest BCUT2D eigenvalue weighted by Gasteiger charge is 2.63. The van der Waals surface area contributed by atoms with E-state index in [4.69, 9.17) is 32.7 Å². The minimum atomic E-state index is -0.281. The van der Waals surface area contributed by atoms with Gasteiger partial charge in [0.15, 0.2) is 0 Å². The predicted octanol–water partition coefficient (Wildman–Crippen LogP) is 6.00. The van der Waals surface area contributed by atoms with E-state index in [0.29, 0.717) is 27.1 Å². The number of benzene rings is 1. The van der Waals surface area contributed by atoms with Crippen LogP contribution in [0.4, 0.5) is 0 Å². The molecule has 174 valence electrons. The number of nitrogens with zero attached hydrogens (tertiary/aromatic N) is 1. The van der Waals surface area contributed by atoms with E-state index in [1.165, 1.54) is 20.0 Å². The van der Waals surface area contributed by atoms with Crippen molar-refractivity contribution in [2.75, 3.05) is 14.2 Å². The van der Waals surface area contributed by atoms with Crippen molar-refractivity contribution in [2.45, 2.75) is 77.2 Å². The number of fused-ring (bicyclic) bond motifs is 4. The Kier molecular flexibility index (Phi) is 5.48. The lowest BCUT2D eigenvalue weighted by Crippen LogP contribution is -2.46. The Morgan fingerprint density at radius 3 is 2.50 bits per heavy atom. The van der Waals surface area contributed by atoms with Gasteiger partial charge in [-0.3, -0.25) is 4.90 Å². The van der Waals surface area contributed by atoms with E-state index in [1.54, 1.807) is 6.07 Å². The fraction of sp³-hybridized carbons (Fsp3) is 0.654. The molecule has 2 heterocycles. The van der Waals surface area contributed by atoms with Crippen LogP contribution in [0.3, 0.4) is 0 Å². The molecule has 4 bridgehead atoms. The number of hydrogen-bond acceptors (Lipinski definition) is 4. The summed E-state index contributed by atoms with van der Waals surface area (Å²) in [6.45, 7) is 7.23. The second-order valence-corrected chi connectivity index (χ2v) is 11.8.